The van der Waals surface area contributed by atoms with Crippen LogP contribution in [0.1, 0.15) is 18.7 Å². The number of aromatic nitrogens is 2. The van der Waals surface area contributed by atoms with Gasteiger partial charge in [0, 0.05) is 12.0 Å². The molecule has 0 saturated carbocycles. The van der Waals surface area contributed by atoms with Gasteiger partial charge in [-0.15, -0.1) is 0 Å². The Bertz CT molecular complexity index is 606. The van der Waals surface area contributed by atoms with Crippen LogP contribution in [0.25, 0.3) is 11.4 Å². The van der Waals surface area contributed by atoms with E-state index in [9.17, 15) is 5.11 Å². The molecular weight excluding hydrogens is 270 g/mol. The van der Waals surface area contributed by atoms with E-state index in [1.807, 2.05) is 0 Å². The van der Waals surface area contributed by atoms with Crippen molar-refractivity contribution < 1.29 is 14.4 Å². The van der Waals surface area contributed by atoms with Crippen LogP contribution in [0.3, 0.4) is 0 Å². The second kappa shape index (κ2) is 6.13. The van der Waals surface area contributed by atoms with Crippen LogP contribution >= 0.6 is 0 Å². The number of rotatable bonds is 5. The lowest BCUT2D eigenvalue weighted by molar-refractivity contribution is 0.364. The molecule has 1 unspecified atom stereocenters. The molecule has 0 radical (unpaired) electrons. The zero-order valence-electron chi connectivity index (χ0n) is 12.0. The summed E-state index contributed by atoms with van der Waals surface area (Å²) >= 11 is 0. The predicted octanol–water partition coefficient (Wildman–Crippen LogP) is 1.99. The Labute approximate surface area is 123 Å². The van der Waals surface area contributed by atoms with E-state index in [2.05, 4.69) is 15.5 Å². The molecule has 2 N–H and O–H groups in total. The molecule has 6 heteroatoms. The van der Waals surface area contributed by atoms with Crippen LogP contribution in [0.2, 0.25) is 0 Å². The average molecular weight is 289 g/mol. The van der Waals surface area contributed by atoms with E-state index in [0.29, 0.717) is 23.4 Å². The van der Waals surface area contributed by atoms with E-state index >= 15 is 0 Å². The normalized spacial score (nSPS) is 18.0. The Hall–Kier alpha value is -2.08. The van der Waals surface area contributed by atoms with Gasteiger partial charge in [0.25, 0.3) is 0 Å². The van der Waals surface area contributed by atoms with Crippen molar-refractivity contribution in [3.8, 4) is 22.9 Å². The van der Waals surface area contributed by atoms with Gasteiger partial charge in [-0.25, -0.2) is 0 Å². The van der Waals surface area contributed by atoms with Crippen LogP contribution in [-0.4, -0.2) is 35.4 Å². The summed E-state index contributed by atoms with van der Waals surface area (Å²) in [6.45, 7) is 2.18. The molecule has 0 aliphatic carbocycles. The summed E-state index contributed by atoms with van der Waals surface area (Å²) in [7, 11) is 1.51. The molecule has 6 nitrogen and oxygen atoms in total. The third kappa shape index (κ3) is 3.16. The molecule has 1 fully saturated rings. The molecule has 112 valence electrons. The van der Waals surface area contributed by atoms with Crippen molar-refractivity contribution in [2.75, 3.05) is 20.2 Å². The quantitative estimate of drug-likeness (QED) is 0.876. The van der Waals surface area contributed by atoms with Crippen LogP contribution in [0.15, 0.2) is 22.7 Å². The summed E-state index contributed by atoms with van der Waals surface area (Å²) in [5.41, 5.74) is 0.766. The highest BCUT2D eigenvalue weighted by molar-refractivity contribution is 5.60. The molecule has 2 aromatic rings. The Kier molecular flexibility index (Phi) is 4.06. The summed E-state index contributed by atoms with van der Waals surface area (Å²) in [6.07, 6.45) is 3.08. The number of benzene rings is 1. The summed E-state index contributed by atoms with van der Waals surface area (Å²) in [4.78, 5) is 4.41. The number of hydrogen-bond acceptors (Lipinski definition) is 6. The van der Waals surface area contributed by atoms with Crippen molar-refractivity contribution >= 4 is 0 Å². The van der Waals surface area contributed by atoms with Gasteiger partial charge in [0.15, 0.2) is 11.5 Å². The lowest BCUT2D eigenvalue weighted by atomic mass is 10.0. The minimum Gasteiger partial charge on any atom is -0.504 e. The molecule has 1 aliphatic heterocycles. The van der Waals surface area contributed by atoms with Gasteiger partial charge in [-0.3, -0.25) is 0 Å². The Morgan fingerprint density at radius 3 is 3.14 bits per heavy atom. The van der Waals surface area contributed by atoms with E-state index in [0.717, 1.165) is 31.5 Å². The minimum absolute atomic E-state index is 0.0960. The molecule has 1 saturated heterocycles. The first-order valence-electron chi connectivity index (χ1n) is 7.17. The maximum absolute atomic E-state index is 9.60. The third-order valence-corrected chi connectivity index (χ3v) is 3.83. The second-order valence-electron chi connectivity index (χ2n) is 5.30. The predicted molar refractivity (Wildman–Crippen MR) is 77.2 cm³/mol. The van der Waals surface area contributed by atoms with Crippen LogP contribution in [0, 0.1) is 5.92 Å². The standard InChI is InChI=1S/C15H19N3O3/c1-20-13-8-11(3-4-12(13)19)15-17-14(21-18-15)5-2-10-6-7-16-9-10/h3-4,8,10,16,19H,2,5-7,9H2,1H3. The van der Waals surface area contributed by atoms with Gasteiger partial charge in [0.2, 0.25) is 11.7 Å². The number of aromatic hydroxyl groups is 1. The van der Waals surface area contributed by atoms with Crippen molar-refractivity contribution in [1.29, 1.82) is 0 Å². The average Bonchev–Trinajstić information content (AvgIpc) is 3.17. The smallest absolute Gasteiger partial charge is 0.226 e. The fraction of sp³-hybridized carbons (Fsp3) is 0.467. The number of phenolic OH excluding ortho intramolecular Hbond substituents is 1. The molecule has 1 aromatic carbocycles. The number of aryl methyl sites for hydroxylation is 1. The third-order valence-electron chi connectivity index (χ3n) is 3.83. The largest absolute Gasteiger partial charge is 0.504 e. The molecule has 0 spiro atoms. The fourth-order valence-electron chi connectivity index (χ4n) is 2.58. The van der Waals surface area contributed by atoms with E-state index in [-0.39, 0.29) is 5.75 Å². The van der Waals surface area contributed by atoms with Gasteiger partial charge < -0.3 is 19.7 Å². The van der Waals surface area contributed by atoms with Crippen molar-refractivity contribution in [3.63, 3.8) is 0 Å². The molecule has 3 rings (SSSR count). The number of nitrogens with one attached hydrogen (secondary N) is 1. The summed E-state index contributed by atoms with van der Waals surface area (Å²) in [6, 6.07) is 5.01. The van der Waals surface area contributed by atoms with Gasteiger partial charge >= 0.3 is 0 Å². The summed E-state index contributed by atoms with van der Waals surface area (Å²) in [5.74, 6) is 2.38. The van der Waals surface area contributed by atoms with E-state index in [1.54, 1.807) is 18.2 Å². The maximum Gasteiger partial charge on any atom is 0.226 e. The molecule has 2 heterocycles. The van der Waals surface area contributed by atoms with Crippen LogP contribution in [0.4, 0.5) is 0 Å². The number of nitrogens with zero attached hydrogens (tertiary/aromatic N) is 2. The van der Waals surface area contributed by atoms with Gasteiger partial charge in [-0.1, -0.05) is 5.16 Å². The summed E-state index contributed by atoms with van der Waals surface area (Å²) in [5, 5.41) is 16.9. The van der Waals surface area contributed by atoms with E-state index < -0.39 is 0 Å². The van der Waals surface area contributed by atoms with Crippen molar-refractivity contribution in [1.82, 2.24) is 15.5 Å². The first kappa shape index (κ1) is 13.9. The Balaban J connectivity index is 1.69. The molecular formula is C15H19N3O3. The molecule has 21 heavy (non-hydrogen) atoms. The van der Waals surface area contributed by atoms with Gasteiger partial charge in [-0.05, 0) is 50.0 Å². The molecule has 1 aliphatic rings. The van der Waals surface area contributed by atoms with Crippen LogP contribution in [-0.2, 0) is 6.42 Å². The SMILES string of the molecule is COc1cc(-c2noc(CCC3CCNC3)n2)ccc1O. The van der Waals surface area contributed by atoms with E-state index in [1.165, 1.54) is 13.5 Å². The van der Waals surface area contributed by atoms with Gasteiger partial charge in [-0.2, -0.15) is 4.98 Å². The number of hydrogen-bond donors (Lipinski definition) is 2. The fourth-order valence-corrected chi connectivity index (χ4v) is 2.58. The lowest BCUT2D eigenvalue weighted by Gasteiger charge is -2.04. The highest BCUT2D eigenvalue weighted by Crippen LogP contribution is 2.30. The van der Waals surface area contributed by atoms with Gasteiger partial charge in [0.1, 0.15) is 0 Å². The van der Waals surface area contributed by atoms with Crippen molar-refractivity contribution in [2.24, 2.45) is 5.92 Å². The number of phenols is 1. The molecule has 1 atom stereocenters. The molecule has 0 bridgehead atoms. The monoisotopic (exact) mass is 289 g/mol. The topological polar surface area (TPSA) is 80.4 Å². The first-order valence-corrected chi connectivity index (χ1v) is 7.17. The van der Waals surface area contributed by atoms with Crippen molar-refractivity contribution in [3.05, 3.63) is 24.1 Å². The second-order valence-corrected chi connectivity index (χ2v) is 5.30. The lowest BCUT2D eigenvalue weighted by Crippen LogP contribution is -2.09. The molecule has 0 amide bonds. The Morgan fingerprint density at radius 1 is 1.48 bits per heavy atom. The zero-order chi connectivity index (χ0) is 14.7. The highest BCUT2D eigenvalue weighted by Gasteiger charge is 2.16. The van der Waals surface area contributed by atoms with Gasteiger partial charge in [0.05, 0.1) is 7.11 Å². The molecule has 1 aromatic heterocycles. The summed E-state index contributed by atoms with van der Waals surface area (Å²) < 4.78 is 10.4. The van der Waals surface area contributed by atoms with Crippen LogP contribution < -0.4 is 10.1 Å². The number of ether oxygens (including phenoxy) is 1. The highest BCUT2D eigenvalue weighted by atomic mass is 16.5. The maximum atomic E-state index is 9.60. The minimum atomic E-state index is 0.0960. The number of methoxy groups -OCH3 is 1. The van der Waals surface area contributed by atoms with Crippen molar-refractivity contribution in [2.45, 2.75) is 19.3 Å². The zero-order valence-corrected chi connectivity index (χ0v) is 12.0. The Morgan fingerprint density at radius 2 is 2.38 bits per heavy atom. The first-order chi connectivity index (χ1) is 10.3. The van der Waals surface area contributed by atoms with Crippen LogP contribution in [0.5, 0.6) is 11.5 Å². The van der Waals surface area contributed by atoms with E-state index in [4.69, 9.17) is 9.26 Å².